The van der Waals surface area contributed by atoms with Crippen molar-refractivity contribution in [3.63, 3.8) is 0 Å². The molecule has 2 saturated heterocycles. The number of hydrogen-bond acceptors (Lipinski definition) is 7. The maximum Gasteiger partial charge on any atom is 0.230 e. The maximum absolute atomic E-state index is 11.1. The van der Waals surface area contributed by atoms with E-state index in [0.29, 0.717) is 13.2 Å². The van der Waals surface area contributed by atoms with Crippen LogP contribution in [0.2, 0.25) is 0 Å². The van der Waals surface area contributed by atoms with Crippen LogP contribution in [0.15, 0.2) is 24.3 Å². The van der Waals surface area contributed by atoms with Crippen molar-refractivity contribution >= 4 is 16.3 Å². The van der Waals surface area contributed by atoms with E-state index in [1.165, 1.54) is 22.5 Å². The Labute approximate surface area is 180 Å². The zero-order chi connectivity index (χ0) is 20.7. The van der Waals surface area contributed by atoms with E-state index >= 15 is 0 Å². The zero-order valence-corrected chi connectivity index (χ0v) is 18.3. The minimum absolute atomic E-state index is 0.0479. The smallest absolute Gasteiger partial charge is 0.230 e. The molecule has 7 nitrogen and oxygen atoms in total. The highest BCUT2D eigenvalue weighted by molar-refractivity contribution is 7.17. The van der Waals surface area contributed by atoms with Crippen LogP contribution >= 0.6 is 11.3 Å². The molecular weight excluding hydrogens is 400 g/mol. The fraction of sp³-hybridized carbons (Fsp3) is 0.545. The Balaban J connectivity index is 1.51. The van der Waals surface area contributed by atoms with Gasteiger partial charge in [-0.25, -0.2) is 4.98 Å². The fourth-order valence-corrected chi connectivity index (χ4v) is 5.63. The van der Waals surface area contributed by atoms with Gasteiger partial charge in [-0.1, -0.05) is 49.4 Å². The SMILES string of the molecule is CCc1ccc(C(c2sc3nc(CC)nn3c2O)N2CCC3(CC2)OCCO3)cc1. The first kappa shape index (κ1) is 19.9. The predicted octanol–water partition coefficient (Wildman–Crippen LogP) is 3.55. The standard InChI is InChI=1S/C22H28N4O3S/c1-3-15-5-7-16(8-6-15)18(25-11-9-22(10-12-25)28-13-14-29-22)19-20(27)26-21(30-19)23-17(4-2)24-26/h5-8,18,27H,3-4,9-14H2,1-2H3. The van der Waals surface area contributed by atoms with Gasteiger partial charge < -0.3 is 14.6 Å². The van der Waals surface area contributed by atoms with Gasteiger partial charge in [0.15, 0.2) is 11.6 Å². The topological polar surface area (TPSA) is 72.1 Å². The third kappa shape index (κ3) is 3.41. The number of nitrogens with zero attached hydrogens (tertiary/aromatic N) is 4. The number of ether oxygens (including phenoxy) is 2. The molecule has 0 amide bonds. The van der Waals surface area contributed by atoms with Gasteiger partial charge in [-0.15, -0.1) is 5.10 Å². The molecule has 8 heteroatoms. The van der Waals surface area contributed by atoms with Crippen molar-refractivity contribution in [3.05, 3.63) is 46.1 Å². The molecule has 1 unspecified atom stereocenters. The average Bonchev–Trinajstić information content (AvgIpc) is 3.48. The van der Waals surface area contributed by atoms with Crippen LogP contribution in [0, 0.1) is 0 Å². The number of rotatable bonds is 5. The average molecular weight is 429 g/mol. The van der Waals surface area contributed by atoms with Crippen molar-refractivity contribution < 1.29 is 14.6 Å². The number of aryl methyl sites for hydroxylation is 2. The lowest BCUT2D eigenvalue weighted by Crippen LogP contribution is -2.46. The molecule has 0 saturated carbocycles. The first-order valence-corrected chi connectivity index (χ1v) is 11.6. The minimum atomic E-state index is -0.420. The molecule has 0 aliphatic carbocycles. The van der Waals surface area contributed by atoms with Gasteiger partial charge in [-0.05, 0) is 17.5 Å². The molecule has 1 aromatic carbocycles. The Hall–Kier alpha value is -2.00. The van der Waals surface area contributed by atoms with Crippen LogP contribution in [-0.4, -0.2) is 56.7 Å². The quantitative estimate of drug-likeness (QED) is 0.670. The molecule has 30 heavy (non-hydrogen) atoms. The van der Waals surface area contributed by atoms with E-state index in [4.69, 9.17) is 9.47 Å². The highest BCUT2D eigenvalue weighted by Crippen LogP contribution is 2.43. The van der Waals surface area contributed by atoms with E-state index in [1.54, 1.807) is 4.52 Å². The maximum atomic E-state index is 11.1. The molecule has 0 bridgehead atoms. The van der Waals surface area contributed by atoms with Crippen molar-refractivity contribution in [1.82, 2.24) is 19.5 Å². The molecule has 5 rings (SSSR count). The van der Waals surface area contributed by atoms with Gasteiger partial charge in [-0.2, -0.15) is 4.52 Å². The number of benzene rings is 1. The van der Waals surface area contributed by atoms with Crippen molar-refractivity contribution in [2.75, 3.05) is 26.3 Å². The van der Waals surface area contributed by atoms with Gasteiger partial charge in [0, 0.05) is 32.4 Å². The first-order valence-electron chi connectivity index (χ1n) is 10.8. The lowest BCUT2D eigenvalue weighted by molar-refractivity contribution is -0.187. The molecule has 2 aliphatic rings. The Morgan fingerprint density at radius 1 is 1.10 bits per heavy atom. The Bertz CT molecular complexity index is 1010. The Morgan fingerprint density at radius 2 is 1.80 bits per heavy atom. The molecule has 2 aliphatic heterocycles. The molecule has 1 atom stereocenters. The summed E-state index contributed by atoms with van der Waals surface area (Å²) in [4.78, 5) is 8.62. The van der Waals surface area contributed by atoms with E-state index in [2.05, 4.69) is 46.2 Å². The van der Waals surface area contributed by atoms with Crippen molar-refractivity contribution in [2.45, 2.75) is 51.4 Å². The first-order chi connectivity index (χ1) is 14.6. The molecule has 1 N–H and O–H groups in total. The summed E-state index contributed by atoms with van der Waals surface area (Å²) in [6.07, 6.45) is 3.42. The van der Waals surface area contributed by atoms with Crippen LogP contribution in [0.25, 0.3) is 4.96 Å². The Kier molecular flexibility index (Phi) is 5.26. The highest BCUT2D eigenvalue weighted by atomic mass is 32.1. The van der Waals surface area contributed by atoms with E-state index in [-0.39, 0.29) is 11.9 Å². The second-order valence-electron chi connectivity index (χ2n) is 8.01. The van der Waals surface area contributed by atoms with Crippen LogP contribution < -0.4 is 0 Å². The summed E-state index contributed by atoms with van der Waals surface area (Å²) < 4.78 is 13.4. The number of aromatic nitrogens is 3. The van der Waals surface area contributed by atoms with Crippen molar-refractivity contribution in [2.24, 2.45) is 0 Å². The van der Waals surface area contributed by atoms with Crippen molar-refractivity contribution in [3.8, 4) is 5.88 Å². The lowest BCUT2D eigenvalue weighted by atomic mass is 9.96. The van der Waals surface area contributed by atoms with Gasteiger partial charge >= 0.3 is 0 Å². The normalized spacial score (nSPS) is 20.3. The second-order valence-corrected chi connectivity index (χ2v) is 9.02. The number of likely N-dealkylation sites (tertiary alicyclic amines) is 1. The third-order valence-corrected chi connectivity index (χ3v) is 7.32. The molecule has 2 fully saturated rings. The molecule has 1 spiro atoms. The summed E-state index contributed by atoms with van der Waals surface area (Å²) in [5.74, 6) is 0.527. The summed E-state index contributed by atoms with van der Waals surface area (Å²) in [5, 5.41) is 15.5. The van der Waals surface area contributed by atoms with Gasteiger partial charge in [0.2, 0.25) is 10.8 Å². The van der Waals surface area contributed by atoms with Crippen LogP contribution in [0.1, 0.15) is 54.6 Å². The Morgan fingerprint density at radius 3 is 2.40 bits per heavy atom. The van der Waals surface area contributed by atoms with Crippen molar-refractivity contribution in [1.29, 1.82) is 0 Å². The molecule has 160 valence electrons. The van der Waals surface area contributed by atoms with Gasteiger partial charge in [-0.3, -0.25) is 4.90 Å². The second kappa shape index (κ2) is 7.92. The summed E-state index contributed by atoms with van der Waals surface area (Å²) in [6, 6.07) is 8.68. The summed E-state index contributed by atoms with van der Waals surface area (Å²) in [6.45, 7) is 7.22. The van der Waals surface area contributed by atoms with E-state index in [1.807, 2.05) is 6.92 Å². The summed E-state index contributed by atoms with van der Waals surface area (Å²) >= 11 is 1.53. The molecule has 0 radical (unpaired) electrons. The number of fused-ring (bicyclic) bond motifs is 1. The molecule has 4 heterocycles. The van der Waals surface area contributed by atoms with Crippen LogP contribution in [0.5, 0.6) is 5.88 Å². The molecule has 2 aromatic heterocycles. The third-order valence-electron chi connectivity index (χ3n) is 6.25. The largest absolute Gasteiger partial charge is 0.492 e. The van der Waals surface area contributed by atoms with Gasteiger partial charge in [0.25, 0.3) is 0 Å². The summed E-state index contributed by atoms with van der Waals surface area (Å²) in [5.41, 5.74) is 2.48. The predicted molar refractivity (Wildman–Crippen MR) is 115 cm³/mol. The number of hydrogen-bond donors (Lipinski definition) is 1. The van der Waals surface area contributed by atoms with Gasteiger partial charge in [0.1, 0.15) is 0 Å². The van der Waals surface area contributed by atoms with Gasteiger partial charge in [0.05, 0.1) is 24.1 Å². The minimum Gasteiger partial charge on any atom is -0.492 e. The highest BCUT2D eigenvalue weighted by Gasteiger charge is 2.42. The molecular formula is C22H28N4O3S. The van der Waals surface area contributed by atoms with Crippen LogP contribution in [0.3, 0.4) is 0 Å². The number of thiazole rings is 1. The fourth-order valence-electron chi connectivity index (χ4n) is 4.49. The van der Waals surface area contributed by atoms with Crippen LogP contribution in [-0.2, 0) is 22.3 Å². The molecule has 3 aromatic rings. The zero-order valence-electron chi connectivity index (χ0n) is 17.5. The van der Waals surface area contributed by atoms with E-state index < -0.39 is 5.79 Å². The summed E-state index contributed by atoms with van der Waals surface area (Å²) in [7, 11) is 0. The number of aromatic hydroxyl groups is 1. The van der Waals surface area contributed by atoms with E-state index in [9.17, 15) is 5.11 Å². The monoisotopic (exact) mass is 428 g/mol. The number of piperidine rings is 1. The van der Waals surface area contributed by atoms with Crippen LogP contribution in [0.4, 0.5) is 0 Å². The lowest BCUT2D eigenvalue weighted by Gasteiger charge is -2.41. The van der Waals surface area contributed by atoms with E-state index in [0.717, 1.165) is 54.4 Å².